The minimum absolute atomic E-state index is 0.199. The normalized spacial score (nSPS) is 15.2. The van der Waals surface area contributed by atoms with Crippen molar-refractivity contribution in [1.29, 1.82) is 0 Å². The molecule has 2 aromatic heterocycles. The molecule has 9 nitrogen and oxygen atoms in total. The maximum atomic E-state index is 12.9. The van der Waals surface area contributed by atoms with E-state index in [-0.39, 0.29) is 18.7 Å². The number of aromatic nitrogens is 3. The number of nitrogens with one attached hydrogen (secondary N) is 3. The largest absolute Gasteiger partial charge is 0.396 e. The minimum atomic E-state index is -0.801. The smallest absolute Gasteiger partial charge is 0.261 e. The number of halogens is 1. The van der Waals surface area contributed by atoms with E-state index >= 15 is 0 Å². The van der Waals surface area contributed by atoms with Gasteiger partial charge in [-0.2, -0.15) is 0 Å². The Morgan fingerprint density at radius 2 is 1.97 bits per heavy atom. The molecular weight excluding hydrogens is 504 g/mol. The van der Waals surface area contributed by atoms with E-state index < -0.39 is 6.10 Å². The highest BCUT2D eigenvalue weighted by molar-refractivity contribution is 6.30. The van der Waals surface area contributed by atoms with Gasteiger partial charge in [-0.3, -0.25) is 9.69 Å². The zero-order valence-electron chi connectivity index (χ0n) is 21.4. The van der Waals surface area contributed by atoms with Gasteiger partial charge >= 0.3 is 0 Å². The average Bonchev–Trinajstić information content (AvgIpc) is 3.35. The number of hydrogen-bond donors (Lipinski definition) is 5. The van der Waals surface area contributed by atoms with Crippen molar-refractivity contribution in [3.05, 3.63) is 75.2 Å². The summed E-state index contributed by atoms with van der Waals surface area (Å²) in [5, 5.41) is 23.5. The van der Waals surface area contributed by atoms with Crippen LogP contribution < -0.4 is 15.8 Å². The van der Waals surface area contributed by atoms with Crippen LogP contribution in [0.2, 0.25) is 5.02 Å². The number of benzene rings is 2. The number of aryl methyl sites for hydroxylation is 1. The van der Waals surface area contributed by atoms with E-state index in [0.29, 0.717) is 27.7 Å². The summed E-state index contributed by atoms with van der Waals surface area (Å²) in [5.41, 5.74) is 5.22. The molecule has 5 rings (SSSR count). The third-order valence-electron chi connectivity index (χ3n) is 7.05. The minimum Gasteiger partial charge on any atom is -0.396 e. The van der Waals surface area contributed by atoms with Crippen LogP contribution in [0, 0.1) is 6.92 Å². The van der Waals surface area contributed by atoms with Gasteiger partial charge in [0.1, 0.15) is 11.4 Å². The van der Waals surface area contributed by atoms with Crippen LogP contribution in [0.5, 0.6) is 0 Å². The second kappa shape index (κ2) is 11.6. The Morgan fingerprint density at radius 1 is 1.16 bits per heavy atom. The summed E-state index contributed by atoms with van der Waals surface area (Å²) < 4.78 is 0. The van der Waals surface area contributed by atoms with E-state index in [0.717, 1.165) is 61.4 Å². The molecule has 10 heteroatoms. The molecule has 0 bridgehead atoms. The zero-order valence-corrected chi connectivity index (χ0v) is 22.1. The molecule has 2 aromatic carbocycles. The SMILES string of the molecule is Cc1cc(N2CCN(CCCO)CC2)cc2[nH]c(-c3c(NC[C@@H](O)c4cccc(Cl)c4)cc[nH]c3=O)nc12. The number of nitrogens with zero attached hydrogens (tertiary/aromatic N) is 3. The number of aliphatic hydroxyl groups is 2. The molecule has 0 saturated carbocycles. The Kier molecular flexibility index (Phi) is 7.99. The molecule has 0 spiro atoms. The molecule has 0 aliphatic carbocycles. The molecule has 1 aliphatic rings. The number of imidazole rings is 1. The number of H-pyrrole nitrogens is 2. The lowest BCUT2D eigenvalue weighted by atomic mass is 10.1. The van der Waals surface area contributed by atoms with Crippen LogP contribution in [0.4, 0.5) is 11.4 Å². The van der Waals surface area contributed by atoms with Gasteiger partial charge in [0, 0.05) is 62.8 Å². The van der Waals surface area contributed by atoms with Crippen LogP contribution in [0.15, 0.2) is 53.5 Å². The van der Waals surface area contributed by atoms with Crippen LogP contribution in [0.25, 0.3) is 22.4 Å². The summed E-state index contributed by atoms with van der Waals surface area (Å²) >= 11 is 6.07. The Hall–Kier alpha value is -3.37. The Morgan fingerprint density at radius 3 is 2.74 bits per heavy atom. The summed E-state index contributed by atoms with van der Waals surface area (Å²) in [6.45, 7) is 7.12. The van der Waals surface area contributed by atoms with Crippen molar-refractivity contribution in [3.63, 3.8) is 0 Å². The lowest BCUT2D eigenvalue weighted by molar-refractivity contribution is 0.191. The van der Waals surface area contributed by atoms with Gasteiger partial charge in [0.2, 0.25) is 0 Å². The molecule has 3 heterocycles. The first kappa shape index (κ1) is 26.2. The fraction of sp³-hybridized carbons (Fsp3) is 0.357. The Bertz CT molecular complexity index is 1460. The van der Waals surface area contributed by atoms with Gasteiger partial charge in [-0.1, -0.05) is 23.7 Å². The first-order valence-corrected chi connectivity index (χ1v) is 13.3. The maximum absolute atomic E-state index is 12.9. The number of anilines is 2. The van der Waals surface area contributed by atoms with Crippen LogP contribution >= 0.6 is 11.6 Å². The van der Waals surface area contributed by atoms with Gasteiger partial charge in [0.25, 0.3) is 5.56 Å². The standard InChI is InChI=1S/C28H33ClN6O3/c1-18-14-21(35-11-9-34(10-12-35)8-3-13-36)16-23-26(18)33-27(32-23)25-22(6-7-30-28(25)38)31-17-24(37)19-4-2-5-20(29)15-19/h2,4-7,14-16,24,36-37H,3,8-13,17H2,1H3,(H,32,33)(H2,30,31,38)/t24-/m1/s1. The van der Waals surface area contributed by atoms with E-state index in [1.807, 2.05) is 13.0 Å². The summed E-state index contributed by atoms with van der Waals surface area (Å²) in [6, 6.07) is 13.1. The van der Waals surface area contributed by atoms with Gasteiger partial charge in [0.05, 0.1) is 22.8 Å². The molecule has 1 aliphatic heterocycles. The van der Waals surface area contributed by atoms with Crippen molar-refractivity contribution in [2.24, 2.45) is 0 Å². The van der Waals surface area contributed by atoms with Crippen LogP contribution in [-0.4, -0.2) is 75.9 Å². The molecule has 1 atom stereocenters. The number of aliphatic hydroxyl groups excluding tert-OH is 2. The van der Waals surface area contributed by atoms with E-state index in [2.05, 4.69) is 37.2 Å². The molecular formula is C28H33ClN6O3. The average molecular weight is 537 g/mol. The topological polar surface area (TPSA) is 121 Å². The predicted octanol–water partition coefficient (Wildman–Crippen LogP) is 3.53. The van der Waals surface area contributed by atoms with E-state index in [9.17, 15) is 9.90 Å². The quantitative estimate of drug-likeness (QED) is 0.222. The fourth-order valence-corrected chi connectivity index (χ4v) is 5.19. The first-order chi connectivity index (χ1) is 18.4. The molecule has 0 unspecified atom stereocenters. The second-order valence-electron chi connectivity index (χ2n) is 9.70. The number of fused-ring (bicyclic) bond motifs is 1. The summed E-state index contributed by atoms with van der Waals surface area (Å²) in [6.07, 6.45) is 1.58. The molecule has 1 fully saturated rings. The van der Waals surface area contributed by atoms with Crippen molar-refractivity contribution < 1.29 is 10.2 Å². The van der Waals surface area contributed by atoms with Crippen LogP contribution in [0.1, 0.15) is 23.7 Å². The van der Waals surface area contributed by atoms with Gasteiger partial charge in [-0.05, 0) is 54.8 Å². The Balaban J connectivity index is 1.38. The molecule has 5 N–H and O–H groups in total. The zero-order chi connectivity index (χ0) is 26.6. The van der Waals surface area contributed by atoms with E-state index in [1.165, 1.54) is 0 Å². The Labute approximate surface area is 226 Å². The molecule has 4 aromatic rings. The summed E-state index contributed by atoms with van der Waals surface area (Å²) in [5.74, 6) is 0.468. The number of rotatable bonds is 9. The number of pyridine rings is 1. The molecule has 200 valence electrons. The van der Waals surface area contributed by atoms with Crippen molar-refractivity contribution in [1.82, 2.24) is 19.9 Å². The van der Waals surface area contributed by atoms with Crippen molar-refractivity contribution in [2.75, 3.05) is 56.1 Å². The van der Waals surface area contributed by atoms with Crippen molar-refractivity contribution in [3.8, 4) is 11.4 Å². The van der Waals surface area contributed by atoms with Crippen LogP contribution in [-0.2, 0) is 0 Å². The highest BCUT2D eigenvalue weighted by Gasteiger charge is 2.20. The number of piperazine rings is 1. The number of aromatic amines is 2. The van der Waals surface area contributed by atoms with Crippen LogP contribution in [0.3, 0.4) is 0 Å². The molecule has 38 heavy (non-hydrogen) atoms. The molecule has 1 saturated heterocycles. The highest BCUT2D eigenvalue weighted by atomic mass is 35.5. The third-order valence-corrected chi connectivity index (χ3v) is 7.28. The maximum Gasteiger partial charge on any atom is 0.261 e. The first-order valence-electron chi connectivity index (χ1n) is 12.9. The summed E-state index contributed by atoms with van der Waals surface area (Å²) in [4.78, 5) is 28.6. The fourth-order valence-electron chi connectivity index (χ4n) is 5.00. The second-order valence-corrected chi connectivity index (χ2v) is 10.1. The van der Waals surface area contributed by atoms with Gasteiger partial charge in [-0.15, -0.1) is 0 Å². The van der Waals surface area contributed by atoms with Crippen molar-refractivity contribution in [2.45, 2.75) is 19.4 Å². The van der Waals surface area contributed by atoms with E-state index in [1.54, 1.807) is 30.5 Å². The van der Waals surface area contributed by atoms with Gasteiger partial charge in [0.15, 0.2) is 0 Å². The summed E-state index contributed by atoms with van der Waals surface area (Å²) in [7, 11) is 0. The predicted molar refractivity (Wildman–Crippen MR) is 152 cm³/mol. The number of hydrogen-bond acceptors (Lipinski definition) is 7. The lowest BCUT2D eigenvalue weighted by Gasteiger charge is -2.36. The molecule has 0 amide bonds. The third kappa shape index (κ3) is 5.71. The van der Waals surface area contributed by atoms with Gasteiger partial charge < -0.3 is 30.4 Å². The van der Waals surface area contributed by atoms with Crippen molar-refractivity contribution >= 4 is 34.0 Å². The highest BCUT2D eigenvalue weighted by Crippen LogP contribution is 2.30. The lowest BCUT2D eigenvalue weighted by Crippen LogP contribution is -2.46. The molecule has 0 radical (unpaired) electrons. The van der Waals surface area contributed by atoms with Gasteiger partial charge in [-0.25, -0.2) is 4.98 Å². The monoisotopic (exact) mass is 536 g/mol. The van der Waals surface area contributed by atoms with E-state index in [4.69, 9.17) is 21.7 Å².